The summed E-state index contributed by atoms with van der Waals surface area (Å²) in [5.41, 5.74) is 2.04. The van der Waals surface area contributed by atoms with E-state index in [0.717, 1.165) is 32.1 Å². The molecule has 0 unspecified atom stereocenters. The fraction of sp³-hybridized carbons (Fsp3) is 0.520. The van der Waals surface area contributed by atoms with Crippen molar-refractivity contribution in [2.75, 3.05) is 7.11 Å². The molecule has 5 atom stereocenters. The van der Waals surface area contributed by atoms with Crippen LogP contribution >= 0.6 is 0 Å². The Morgan fingerprint density at radius 3 is 2.73 bits per heavy atom. The Morgan fingerprint density at radius 1 is 1.10 bits per heavy atom. The molecular formula is C25H28N2O3. The zero-order chi connectivity index (χ0) is 20.9. The zero-order valence-corrected chi connectivity index (χ0v) is 17.6. The van der Waals surface area contributed by atoms with Gasteiger partial charge in [0.15, 0.2) is 0 Å². The van der Waals surface area contributed by atoms with Crippen molar-refractivity contribution in [3.8, 4) is 23.5 Å². The number of aromatic nitrogens is 2. The van der Waals surface area contributed by atoms with Crippen LogP contribution < -0.4 is 4.74 Å². The molecule has 2 fully saturated rings. The third-order valence-electron chi connectivity index (χ3n) is 8.11. The highest BCUT2D eigenvalue weighted by atomic mass is 16.5. The van der Waals surface area contributed by atoms with Crippen molar-refractivity contribution in [2.45, 2.75) is 57.0 Å². The number of aliphatic hydroxyl groups is 1. The average molecular weight is 405 g/mol. The van der Waals surface area contributed by atoms with Gasteiger partial charge in [-0.15, -0.1) is 10.2 Å². The number of methoxy groups -OCH3 is 1. The Morgan fingerprint density at radius 2 is 1.97 bits per heavy atom. The number of nitrogens with zero attached hydrogens (tertiary/aromatic N) is 2. The van der Waals surface area contributed by atoms with Gasteiger partial charge in [-0.25, -0.2) is 0 Å². The van der Waals surface area contributed by atoms with Crippen molar-refractivity contribution in [3.05, 3.63) is 47.2 Å². The van der Waals surface area contributed by atoms with Gasteiger partial charge in [0.2, 0.25) is 5.88 Å². The third-order valence-corrected chi connectivity index (χ3v) is 8.11. The molecule has 5 rings (SSSR count). The molecule has 5 heteroatoms. The summed E-state index contributed by atoms with van der Waals surface area (Å²) < 4.78 is 5.05. The van der Waals surface area contributed by atoms with Crippen molar-refractivity contribution in [1.82, 2.24) is 10.2 Å². The Kier molecular flexibility index (Phi) is 4.52. The van der Waals surface area contributed by atoms with E-state index in [0.29, 0.717) is 41.5 Å². The van der Waals surface area contributed by atoms with Crippen LogP contribution in [-0.2, 0) is 6.42 Å². The van der Waals surface area contributed by atoms with Gasteiger partial charge in [0, 0.05) is 11.5 Å². The van der Waals surface area contributed by atoms with E-state index in [2.05, 4.69) is 35.0 Å². The number of phenolic OH excluding ortho intramolecular Hbond substituents is 1. The average Bonchev–Trinajstić information content (AvgIpc) is 3.03. The van der Waals surface area contributed by atoms with E-state index in [9.17, 15) is 10.2 Å². The molecule has 0 radical (unpaired) electrons. The number of benzene rings is 1. The van der Waals surface area contributed by atoms with Crippen molar-refractivity contribution >= 4 is 0 Å². The number of aryl methyl sites for hydroxylation is 1. The second-order valence-electron chi connectivity index (χ2n) is 9.36. The number of aromatic hydroxyl groups is 1. The molecule has 0 saturated heterocycles. The summed E-state index contributed by atoms with van der Waals surface area (Å²) in [6.45, 7) is 2.24. The van der Waals surface area contributed by atoms with Crippen molar-refractivity contribution in [2.24, 2.45) is 17.3 Å². The van der Waals surface area contributed by atoms with Gasteiger partial charge in [-0.3, -0.25) is 0 Å². The summed E-state index contributed by atoms with van der Waals surface area (Å²) >= 11 is 0. The molecule has 0 aliphatic heterocycles. The Hall–Kier alpha value is -2.58. The monoisotopic (exact) mass is 404 g/mol. The van der Waals surface area contributed by atoms with Gasteiger partial charge in [-0.1, -0.05) is 18.9 Å². The molecule has 30 heavy (non-hydrogen) atoms. The largest absolute Gasteiger partial charge is 0.508 e. The number of hydrogen-bond donors (Lipinski definition) is 2. The second-order valence-corrected chi connectivity index (χ2v) is 9.36. The fourth-order valence-electron chi connectivity index (χ4n) is 6.45. The Balaban J connectivity index is 1.42. The van der Waals surface area contributed by atoms with Gasteiger partial charge in [0.25, 0.3) is 0 Å². The van der Waals surface area contributed by atoms with Crippen molar-refractivity contribution in [3.63, 3.8) is 0 Å². The highest BCUT2D eigenvalue weighted by molar-refractivity contribution is 5.41. The van der Waals surface area contributed by atoms with Crippen LogP contribution in [0.1, 0.15) is 61.8 Å². The highest BCUT2D eigenvalue weighted by Gasteiger charge is 2.61. The number of phenols is 1. The molecule has 0 spiro atoms. The minimum atomic E-state index is -1.00. The molecule has 2 saturated carbocycles. The van der Waals surface area contributed by atoms with Crippen LogP contribution in [0.25, 0.3) is 0 Å². The van der Waals surface area contributed by atoms with Crippen LogP contribution in [-0.4, -0.2) is 33.1 Å². The molecule has 0 bridgehead atoms. The van der Waals surface area contributed by atoms with E-state index < -0.39 is 5.60 Å². The van der Waals surface area contributed by atoms with Gasteiger partial charge in [-0.05, 0) is 91.5 Å². The number of hydrogen-bond acceptors (Lipinski definition) is 5. The molecular weight excluding hydrogens is 376 g/mol. The standard InChI is InChI=1S/C25H28N2O3/c1-24-12-10-20-19-7-5-18(28)15-16(19)3-6-21(20)22(24)11-14-25(24,29)13-9-17-4-8-23(30-2)27-26-17/h4-5,7-8,15,20-22,28-29H,3,6,10-12,14H2,1-2H3/t20-,21-,22+,24+,25+/m1/s1. The smallest absolute Gasteiger partial charge is 0.233 e. The van der Waals surface area contributed by atoms with Gasteiger partial charge in [-0.2, -0.15) is 0 Å². The molecule has 2 N–H and O–H groups in total. The molecule has 1 aromatic heterocycles. The normalized spacial score (nSPS) is 34.2. The van der Waals surface area contributed by atoms with Crippen LogP contribution in [0.15, 0.2) is 30.3 Å². The molecule has 2 aromatic rings. The summed E-state index contributed by atoms with van der Waals surface area (Å²) in [7, 11) is 1.56. The minimum absolute atomic E-state index is 0.213. The second kappa shape index (κ2) is 6.99. The van der Waals surface area contributed by atoms with Gasteiger partial charge in [0.05, 0.1) is 7.11 Å². The quantitative estimate of drug-likeness (QED) is 0.707. The fourth-order valence-corrected chi connectivity index (χ4v) is 6.45. The first-order chi connectivity index (χ1) is 14.4. The SMILES string of the molecule is COc1ccc(C#C[C@]2(O)CC[C@H]3[C@@H]4CCc5cc(O)ccc5[C@H]4CC[C@@]32C)nn1. The van der Waals surface area contributed by atoms with Crippen LogP contribution in [0.3, 0.4) is 0 Å². The molecule has 5 nitrogen and oxygen atoms in total. The Bertz CT molecular complexity index is 1020. The number of ether oxygens (including phenoxy) is 1. The topological polar surface area (TPSA) is 75.5 Å². The lowest BCUT2D eigenvalue weighted by Gasteiger charge is -2.52. The predicted molar refractivity (Wildman–Crippen MR) is 113 cm³/mol. The van der Waals surface area contributed by atoms with Gasteiger partial charge in [0.1, 0.15) is 17.0 Å². The van der Waals surface area contributed by atoms with E-state index in [1.165, 1.54) is 11.1 Å². The lowest BCUT2D eigenvalue weighted by molar-refractivity contribution is -0.0647. The van der Waals surface area contributed by atoms with E-state index in [4.69, 9.17) is 4.74 Å². The predicted octanol–water partition coefficient (Wildman–Crippen LogP) is 3.83. The van der Waals surface area contributed by atoms with Crippen LogP contribution in [0, 0.1) is 29.1 Å². The first kappa shape index (κ1) is 19.4. The molecule has 156 valence electrons. The summed E-state index contributed by atoms with van der Waals surface area (Å²) in [5, 5.41) is 29.6. The molecule has 0 amide bonds. The summed E-state index contributed by atoms with van der Waals surface area (Å²) in [5.74, 6) is 8.64. The van der Waals surface area contributed by atoms with Crippen molar-refractivity contribution in [1.29, 1.82) is 0 Å². The van der Waals surface area contributed by atoms with E-state index in [1.807, 2.05) is 12.1 Å². The lowest BCUT2D eigenvalue weighted by atomic mass is 9.53. The maximum atomic E-state index is 11.7. The van der Waals surface area contributed by atoms with Gasteiger partial charge >= 0.3 is 0 Å². The maximum absolute atomic E-state index is 11.7. The molecule has 3 aliphatic carbocycles. The van der Waals surface area contributed by atoms with Gasteiger partial charge < -0.3 is 14.9 Å². The first-order valence-electron chi connectivity index (χ1n) is 10.9. The van der Waals surface area contributed by atoms with Crippen LogP contribution in [0.2, 0.25) is 0 Å². The molecule has 1 aromatic carbocycles. The minimum Gasteiger partial charge on any atom is -0.508 e. The first-order valence-corrected chi connectivity index (χ1v) is 10.9. The number of fused-ring (bicyclic) bond motifs is 5. The maximum Gasteiger partial charge on any atom is 0.233 e. The lowest BCUT2D eigenvalue weighted by Crippen LogP contribution is -2.50. The van der Waals surface area contributed by atoms with E-state index in [1.54, 1.807) is 19.2 Å². The van der Waals surface area contributed by atoms with Crippen LogP contribution in [0.5, 0.6) is 11.6 Å². The summed E-state index contributed by atoms with van der Waals surface area (Å²) in [6.07, 6.45) is 5.85. The van der Waals surface area contributed by atoms with Crippen molar-refractivity contribution < 1.29 is 14.9 Å². The van der Waals surface area contributed by atoms with E-state index in [-0.39, 0.29) is 5.41 Å². The third kappa shape index (κ3) is 2.89. The zero-order valence-electron chi connectivity index (χ0n) is 17.6. The summed E-state index contributed by atoms with van der Waals surface area (Å²) in [6, 6.07) is 9.39. The number of rotatable bonds is 1. The summed E-state index contributed by atoms with van der Waals surface area (Å²) in [4.78, 5) is 0. The highest BCUT2D eigenvalue weighted by Crippen LogP contribution is 2.64. The molecule has 1 heterocycles. The Labute approximate surface area is 177 Å². The van der Waals surface area contributed by atoms with Crippen LogP contribution in [0.4, 0.5) is 0 Å². The van der Waals surface area contributed by atoms with E-state index >= 15 is 0 Å². The molecule has 3 aliphatic rings.